The highest BCUT2D eigenvalue weighted by molar-refractivity contribution is 7.92. The van der Waals surface area contributed by atoms with Gasteiger partial charge in [-0.2, -0.15) is 15.3 Å². The van der Waals surface area contributed by atoms with Crippen LogP contribution >= 0.6 is 34.8 Å². The van der Waals surface area contributed by atoms with Crippen LogP contribution in [0.4, 0.5) is 44.6 Å². The second kappa shape index (κ2) is 38.6. The smallest absolute Gasteiger partial charge is 0.407 e. The van der Waals surface area contributed by atoms with E-state index in [0.717, 1.165) is 53.5 Å². The van der Waals surface area contributed by atoms with Gasteiger partial charge in [-0.1, -0.05) is 42.2 Å². The summed E-state index contributed by atoms with van der Waals surface area (Å²) >= 11 is 18.5. The number of nitrogens with zero attached hydrogens (tertiary/aromatic N) is 12. The van der Waals surface area contributed by atoms with E-state index in [1.165, 1.54) is 70.5 Å². The molecule has 5 atom stereocenters. The Balaban J connectivity index is 0.000000291. The lowest BCUT2D eigenvalue weighted by atomic mass is 10.0. The van der Waals surface area contributed by atoms with Gasteiger partial charge >= 0.3 is 18.3 Å². The minimum atomic E-state index is -5.05. The number of hydrogen-bond acceptors (Lipinski definition) is 21. The lowest BCUT2D eigenvalue weighted by molar-refractivity contribution is 0.166. The molecule has 0 aliphatic rings. The predicted molar refractivity (Wildman–Crippen MR) is 414 cm³/mol. The maximum atomic E-state index is 15.9. The normalized spacial score (nSPS) is 16.3. The highest BCUT2D eigenvalue weighted by atomic mass is 35.5. The van der Waals surface area contributed by atoms with Gasteiger partial charge in [0.25, 0.3) is 0 Å². The largest absolute Gasteiger partial charge is 0.453 e. The standard InChI is InChI=1S/3C23H28ClFN6O4S.CH4/c3*1-13(2)31-12-17(18-8-9-26-20(28-18)7-6-14(3)27-23(32)35-4)22(29-31)16-10-15(24)11-19(21(16)25)30-36(5,33)34;/h3*8-14,30H,6-7H2,1-5H3,(H,27,32);1H4/t3*14-;/m000./s1/i2*1D3,5D3,13D;5D3;/t2*13?,14-;m;. The van der Waals surface area contributed by atoms with Crippen molar-refractivity contribution in [1.29, 1.82) is 0 Å². The molecule has 0 radical (unpaired) electrons. The van der Waals surface area contributed by atoms with E-state index < -0.39 is 138 Å². The molecule has 9 rings (SSSR count). The number of hydrogen-bond donors (Lipinski definition) is 6. The molecule has 3 amide bonds. The maximum absolute atomic E-state index is 15.9. The average molecular weight is 1650 g/mol. The van der Waals surface area contributed by atoms with Crippen LogP contribution in [0, 0.1) is 17.5 Å². The molecule has 0 aliphatic carbocycles. The third-order valence-electron chi connectivity index (χ3n) is 15.0. The van der Waals surface area contributed by atoms with Gasteiger partial charge in [0.2, 0.25) is 30.1 Å². The van der Waals surface area contributed by atoms with Crippen molar-refractivity contribution >= 4 is 100 Å². The summed E-state index contributed by atoms with van der Waals surface area (Å²) < 4.78 is 272. The van der Waals surface area contributed by atoms with Crippen molar-refractivity contribution < 1.29 is 90.3 Å². The Morgan fingerprint density at radius 2 is 0.743 bits per heavy atom. The Labute approximate surface area is 670 Å². The first kappa shape index (κ1) is 65.2. The number of ether oxygens (including phenoxy) is 3. The maximum Gasteiger partial charge on any atom is 0.407 e. The van der Waals surface area contributed by atoms with Gasteiger partial charge in [-0.15, -0.1) is 0 Å². The monoisotopic (exact) mass is 1650 g/mol. The van der Waals surface area contributed by atoms with Crippen molar-refractivity contribution in [1.82, 2.24) is 75.2 Å². The molecule has 109 heavy (non-hydrogen) atoms. The first-order valence-corrected chi connectivity index (χ1v) is 37.4. The summed E-state index contributed by atoms with van der Waals surface area (Å²) in [7, 11) is -11.3. The molecule has 6 heterocycles. The lowest BCUT2D eigenvalue weighted by Crippen LogP contribution is -2.32. The third kappa shape index (κ3) is 25.7. The Morgan fingerprint density at radius 1 is 0.468 bits per heavy atom. The molecular weight excluding hydrogens is 1540 g/mol. The van der Waals surface area contributed by atoms with Crippen LogP contribution in [0.5, 0.6) is 0 Å². The third-order valence-corrected chi connectivity index (χ3v) is 17.1. The minimum absolute atomic E-state index is 0. The second-order valence-electron chi connectivity index (χ2n) is 23.9. The number of nitrogens with one attached hydrogen (secondary N) is 6. The van der Waals surface area contributed by atoms with Crippen molar-refractivity contribution in [2.45, 2.75) is 144 Å². The molecular formula is C70H88Cl3F3N18O12S3. The molecule has 0 saturated carbocycles. The fraction of sp³-hybridized carbons (Fsp3) is 0.400. The van der Waals surface area contributed by atoms with Gasteiger partial charge in [0.1, 0.15) is 34.6 Å². The highest BCUT2D eigenvalue weighted by Gasteiger charge is 2.28. The Morgan fingerprint density at radius 3 is 1.00 bits per heavy atom. The molecule has 6 aromatic heterocycles. The number of benzene rings is 3. The van der Waals surface area contributed by atoms with Crippen LogP contribution in [0.3, 0.4) is 0 Å². The number of aromatic nitrogens is 12. The summed E-state index contributed by atoms with van der Waals surface area (Å²) in [6.07, 6.45) is -1.60. The van der Waals surface area contributed by atoms with E-state index in [9.17, 15) is 39.6 Å². The van der Waals surface area contributed by atoms with E-state index in [1.54, 1.807) is 45.0 Å². The summed E-state index contributed by atoms with van der Waals surface area (Å²) in [6.45, 7) is 5.40. The van der Waals surface area contributed by atoms with Gasteiger partial charge in [0, 0.05) is 162 Å². The van der Waals surface area contributed by atoms with Crippen LogP contribution in [-0.2, 0) is 63.5 Å². The summed E-state index contributed by atoms with van der Waals surface area (Å²) in [4.78, 5) is 60.6. The molecule has 3 aromatic carbocycles. The number of anilines is 3. The summed E-state index contributed by atoms with van der Waals surface area (Å²) in [5.41, 5.74) is -2.44. The topological polar surface area (TPSA) is 384 Å². The zero-order chi connectivity index (χ0) is 94.2. The molecule has 9 aromatic rings. The zero-order valence-corrected chi connectivity index (χ0v) is 63.7. The Hall–Kier alpha value is -9.75. The minimum Gasteiger partial charge on any atom is -0.453 e. The number of carbonyl (C=O) groups excluding carboxylic acids is 3. The van der Waals surface area contributed by atoms with E-state index in [-0.39, 0.29) is 105 Å². The summed E-state index contributed by atoms with van der Waals surface area (Å²) in [5.74, 6) is -2.51. The number of halogens is 6. The lowest BCUT2D eigenvalue weighted by Gasteiger charge is -2.12. The Bertz CT molecular complexity index is 5560. The number of amides is 3. The van der Waals surface area contributed by atoms with Gasteiger partial charge in [0.15, 0.2) is 17.5 Å². The fourth-order valence-electron chi connectivity index (χ4n) is 9.89. The van der Waals surface area contributed by atoms with Crippen LogP contribution in [0.25, 0.3) is 67.5 Å². The molecule has 6 N–H and O–H groups in total. The van der Waals surface area contributed by atoms with Gasteiger partial charge in [-0.3, -0.25) is 28.2 Å². The number of methoxy groups -OCH3 is 3. The molecule has 0 saturated heterocycles. The number of aryl methyl sites for hydroxylation is 3. The van der Waals surface area contributed by atoms with Crippen molar-refractivity contribution in [2.24, 2.45) is 0 Å². The van der Waals surface area contributed by atoms with Crippen molar-refractivity contribution in [2.75, 3.05) is 54.0 Å². The summed E-state index contributed by atoms with van der Waals surface area (Å²) in [6, 6.07) is 5.00. The van der Waals surface area contributed by atoms with E-state index in [0.29, 0.717) is 54.4 Å². The van der Waals surface area contributed by atoms with Crippen molar-refractivity contribution in [3.8, 4) is 67.5 Å². The first-order chi connectivity index (χ1) is 57.5. The molecule has 0 fully saturated rings. The van der Waals surface area contributed by atoms with E-state index >= 15 is 13.2 Å². The molecule has 30 nitrogen and oxygen atoms in total. The molecule has 39 heteroatoms. The predicted octanol–water partition coefficient (Wildman–Crippen LogP) is 13.9. The average Bonchev–Trinajstić information content (AvgIpc) is 1.58. The SMILES string of the molecule is C.[2H]C([2H])([2H])C([2H])(C)n1cc(-c2ccnc(CC[C@H](C)NC(=O)OC)n2)c(-c2cc(Cl)cc(NS(=O)(=O)C([2H])([2H])[2H])c2F)n1.[2H]C([2H])([2H])C([2H])(C)n1cc(-c2ccnc(CC[C@H](C)NC(=O)OC)n2)c(-c2cc(Cl)cc(NS(=O)(=O)C([2H])([2H])[2H])c2F)n1.[2H]C([2H])([2H])S(=O)(=O)Nc1cc(Cl)cc(-c2nn(C(C)C)cc2-c2ccnc(CC[C@H](C)NC(=O)OC)n2)c1F. The number of alkyl carbamates (subject to hydrolysis) is 3. The Kier molecular flexibility index (Phi) is 23.0. The van der Waals surface area contributed by atoms with Gasteiger partial charge in [0.05, 0.1) is 76.8 Å². The van der Waals surface area contributed by atoms with E-state index in [1.807, 2.05) is 20.8 Å². The van der Waals surface area contributed by atoms with Crippen molar-refractivity contribution in [3.05, 3.63) is 142 Å². The van der Waals surface area contributed by atoms with Gasteiger partial charge in [-0.25, -0.2) is 82.7 Å². The second-order valence-corrected chi connectivity index (χ2v) is 28.8. The van der Waals surface area contributed by atoms with Gasteiger partial charge in [-0.05, 0) is 136 Å². The molecule has 0 aliphatic heterocycles. The molecule has 590 valence electrons. The highest BCUT2D eigenvalue weighted by Crippen LogP contribution is 2.41. The van der Waals surface area contributed by atoms with Crippen LogP contribution in [0.15, 0.2) is 91.8 Å². The van der Waals surface area contributed by atoms with E-state index in [2.05, 4.69) is 75.4 Å². The molecule has 2 unspecified atom stereocenters. The summed E-state index contributed by atoms with van der Waals surface area (Å²) in [5, 5.41) is 20.3. The molecule has 0 bridgehead atoms. The number of rotatable bonds is 27. The van der Waals surface area contributed by atoms with Crippen LogP contribution in [-0.4, -0.2) is 161 Å². The molecule has 0 spiro atoms. The zero-order valence-electron chi connectivity index (χ0n) is 76.0. The number of carbonyl (C=O) groups is 3. The van der Waals surface area contributed by atoms with Crippen LogP contribution < -0.4 is 30.1 Å². The van der Waals surface area contributed by atoms with Crippen LogP contribution in [0.2, 0.25) is 15.1 Å². The fourth-order valence-corrected chi connectivity index (χ4v) is 11.9. The first-order valence-electron chi connectivity index (χ1n) is 40.3. The van der Waals surface area contributed by atoms with Crippen LogP contribution in [0.1, 0.15) is 148 Å². The van der Waals surface area contributed by atoms with Gasteiger partial charge < -0.3 is 30.2 Å². The quantitative estimate of drug-likeness (QED) is 0.0260. The van der Waals surface area contributed by atoms with E-state index in [4.69, 9.17) is 58.1 Å². The number of sulfonamides is 3. The van der Waals surface area contributed by atoms with Crippen molar-refractivity contribution in [3.63, 3.8) is 0 Å².